The van der Waals surface area contributed by atoms with Gasteiger partial charge in [0, 0.05) is 18.0 Å². The molecule has 2 N–H and O–H groups in total. The van der Waals surface area contributed by atoms with Gasteiger partial charge in [0.1, 0.15) is 0 Å². The Morgan fingerprint density at radius 3 is 2.36 bits per heavy atom. The predicted octanol–water partition coefficient (Wildman–Crippen LogP) is 1.82. The highest BCUT2D eigenvalue weighted by molar-refractivity contribution is 6.30. The number of nitrogens with two attached hydrogens (primary N) is 1. The molecule has 2 amide bonds. The van der Waals surface area contributed by atoms with Crippen molar-refractivity contribution >= 4 is 23.4 Å². The predicted molar refractivity (Wildman–Crippen MR) is 97.2 cm³/mol. The van der Waals surface area contributed by atoms with E-state index >= 15 is 0 Å². The van der Waals surface area contributed by atoms with Crippen LogP contribution >= 0.6 is 11.6 Å². The molecule has 2 aromatic carbocycles. The Balaban J connectivity index is 1.48. The van der Waals surface area contributed by atoms with Gasteiger partial charge in [0.05, 0.1) is 13.0 Å². The number of carbonyl (C=O) groups is 2. The summed E-state index contributed by atoms with van der Waals surface area (Å²) in [5.41, 5.74) is 2.32. The van der Waals surface area contributed by atoms with Crippen LogP contribution in [0.2, 0.25) is 5.02 Å². The molecule has 0 aliphatic carbocycles. The van der Waals surface area contributed by atoms with Crippen molar-refractivity contribution in [1.29, 1.82) is 0 Å². The van der Waals surface area contributed by atoms with Gasteiger partial charge >= 0.3 is 0 Å². The van der Waals surface area contributed by atoms with Crippen molar-refractivity contribution in [2.24, 2.45) is 0 Å². The number of nitrogens with zero attached hydrogens (tertiary/aromatic N) is 1. The highest BCUT2D eigenvalue weighted by Gasteiger charge is 2.40. The molecule has 0 unspecified atom stereocenters. The van der Waals surface area contributed by atoms with Gasteiger partial charge in [-0.25, -0.2) is 0 Å². The average Bonchev–Trinajstić information content (AvgIpc) is 2.89. The Labute approximate surface area is 152 Å². The van der Waals surface area contributed by atoms with Crippen LogP contribution in [-0.4, -0.2) is 35.8 Å². The first-order chi connectivity index (χ1) is 12.1. The lowest BCUT2D eigenvalue weighted by molar-refractivity contribution is -0.674. The molecule has 2 aromatic rings. The summed E-state index contributed by atoms with van der Waals surface area (Å²) in [7, 11) is 0. The molecule has 0 radical (unpaired) electrons. The smallest absolute Gasteiger partial charge is 0.287 e. The van der Waals surface area contributed by atoms with E-state index in [9.17, 15) is 9.59 Å². The zero-order valence-electron chi connectivity index (χ0n) is 14.0. The first kappa shape index (κ1) is 17.6. The van der Waals surface area contributed by atoms with Crippen molar-refractivity contribution in [2.75, 3.05) is 13.1 Å². The fourth-order valence-corrected chi connectivity index (χ4v) is 3.24. The Kier molecular flexibility index (Phi) is 5.84. The van der Waals surface area contributed by atoms with E-state index in [-0.39, 0.29) is 17.9 Å². The van der Waals surface area contributed by atoms with Gasteiger partial charge in [-0.3, -0.25) is 14.5 Å². The standard InChI is InChI=1S/C20H21ClN2O2/c21-17-8-6-16(7-9-17)10-12-22-18-14-19(24)23(20(18)25)13-11-15-4-2-1-3-5-15/h1-9,18,22H,10-14H2/p+1/t18-/m1/s1. The van der Waals surface area contributed by atoms with Crippen LogP contribution in [-0.2, 0) is 22.4 Å². The number of hydrogen-bond donors (Lipinski definition) is 1. The minimum atomic E-state index is -0.282. The monoisotopic (exact) mass is 357 g/mol. The molecule has 1 heterocycles. The van der Waals surface area contributed by atoms with Gasteiger partial charge < -0.3 is 5.32 Å². The van der Waals surface area contributed by atoms with Crippen molar-refractivity contribution in [3.05, 3.63) is 70.7 Å². The number of likely N-dealkylation sites (tertiary alicyclic amines) is 1. The number of quaternary nitrogens is 1. The van der Waals surface area contributed by atoms with Crippen LogP contribution in [0.1, 0.15) is 17.5 Å². The Hall–Kier alpha value is -2.17. The average molecular weight is 358 g/mol. The summed E-state index contributed by atoms with van der Waals surface area (Å²) in [6, 6.07) is 17.4. The molecule has 1 aliphatic rings. The van der Waals surface area contributed by atoms with E-state index in [1.165, 1.54) is 10.5 Å². The number of imide groups is 1. The molecule has 1 fully saturated rings. The highest BCUT2D eigenvalue weighted by atomic mass is 35.5. The van der Waals surface area contributed by atoms with Crippen molar-refractivity contribution in [3.8, 4) is 0 Å². The zero-order valence-corrected chi connectivity index (χ0v) is 14.8. The van der Waals surface area contributed by atoms with E-state index in [2.05, 4.69) is 0 Å². The second-order valence-corrected chi connectivity index (χ2v) is 6.77. The molecule has 1 saturated heterocycles. The quantitative estimate of drug-likeness (QED) is 0.768. The van der Waals surface area contributed by atoms with E-state index in [0.717, 1.165) is 23.6 Å². The highest BCUT2D eigenvalue weighted by Crippen LogP contribution is 2.12. The molecule has 0 saturated carbocycles. The van der Waals surface area contributed by atoms with Crippen LogP contribution in [0.15, 0.2) is 54.6 Å². The molecule has 1 atom stereocenters. The number of benzene rings is 2. The second-order valence-electron chi connectivity index (χ2n) is 6.33. The third kappa shape index (κ3) is 4.68. The van der Waals surface area contributed by atoms with Gasteiger partial charge in [0.2, 0.25) is 5.91 Å². The molecule has 130 valence electrons. The van der Waals surface area contributed by atoms with E-state index in [4.69, 9.17) is 11.6 Å². The number of amides is 2. The van der Waals surface area contributed by atoms with Gasteiger partial charge in [-0.1, -0.05) is 54.1 Å². The van der Waals surface area contributed by atoms with E-state index < -0.39 is 0 Å². The molecule has 0 bridgehead atoms. The third-order valence-electron chi connectivity index (χ3n) is 4.54. The number of carbonyl (C=O) groups excluding carboxylic acids is 2. The van der Waals surface area contributed by atoms with Gasteiger partial charge in [-0.15, -0.1) is 0 Å². The fourth-order valence-electron chi connectivity index (χ4n) is 3.12. The zero-order chi connectivity index (χ0) is 17.6. The summed E-state index contributed by atoms with van der Waals surface area (Å²) in [6.07, 6.45) is 1.85. The minimum Gasteiger partial charge on any atom is -0.335 e. The van der Waals surface area contributed by atoms with Crippen LogP contribution in [0.25, 0.3) is 0 Å². The number of halogens is 1. The Bertz CT molecular complexity index is 731. The normalized spacial score (nSPS) is 17.3. The minimum absolute atomic E-state index is 0.0583. The molecule has 0 spiro atoms. The van der Waals surface area contributed by atoms with Crippen LogP contribution in [0, 0.1) is 0 Å². The summed E-state index contributed by atoms with van der Waals surface area (Å²) in [5.74, 6) is -0.120. The van der Waals surface area contributed by atoms with Crippen molar-refractivity contribution in [1.82, 2.24) is 4.90 Å². The fraction of sp³-hybridized carbons (Fsp3) is 0.300. The summed E-state index contributed by atoms with van der Waals surface area (Å²) in [6.45, 7) is 1.24. The third-order valence-corrected chi connectivity index (χ3v) is 4.80. The van der Waals surface area contributed by atoms with Gasteiger partial charge in [0.15, 0.2) is 6.04 Å². The molecule has 5 heteroatoms. The van der Waals surface area contributed by atoms with Crippen LogP contribution < -0.4 is 5.32 Å². The second kappa shape index (κ2) is 8.28. The Morgan fingerprint density at radius 2 is 1.64 bits per heavy atom. The van der Waals surface area contributed by atoms with Crippen molar-refractivity contribution in [2.45, 2.75) is 25.3 Å². The van der Waals surface area contributed by atoms with Crippen molar-refractivity contribution in [3.63, 3.8) is 0 Å². The number of rotatable bonds is 7. The topological polar surface area (TPSA) is 54.0 Å². The molecular weight excluding hydrogens is 336 g/mol. The van der Waals surface area contributed by atoms with Gasteiger partial charge in [-0.2, -0.15) is 0 Å². The molecular formula is C20H22ClN2O2+. The summed E-state index contributed by atoms with van der Waals surface area (Å²) in [4.78, 5) is 26.1. The van der Waals surface area contributed by atoms with Crippen LogP contribution in [0.5, 0.6) is 0 Å². The van der Waals surface area contributed by atoms with E-state index in [0.29, 0.717) is 19.4 Å². The van der Waals surface area contributed by atoms with Crippen molar-refractivity contribution < 1.29 is 14.9 Å². The SMILES string of the molecule is O=C1C[C@@H]([NH2+]CCc2ccc(Cl)cc2)C(=O)N1CCc1ccccc1. The lowest BCUT2D eigenvalue weighted by Crippen LogP contribution is -2.92. The first-order valence-corrected chi connectivity index (χ1v) is 8.97. The van der Waals surface area contributed by atoms with E-state index in [1.54, 1.807) is 0 Å². The summed E-state index contributed by atoms with van der Waals surface area (Å²) >= 11 is 5.88. The summed E-state index contributed by atoms with van der Waals surface area (Å²) < 4.78 is 0. The lowest BCUT2D eigenvalue weighted by Gasteiger charge is -2.14. The Morgan fingerprint density at radius 1 is 0.960 bits per heavy atom. The van der Waals surface area contributed by atoms with Crippen LogP contribution in [0.3, 0.4) is 0 Å². The maximum Gasteiger partial charge on any atom is 0.287 e. The number of hydrogen-bond acceptors (Lipinski definition) is 2. The summed E-state index contributed by atoms with van der Waals surface area (Å²) in [5, 5.41) is 2.70. The van der Waals surface area contributed by atoms with Gasteiger partial charge in [-0.05, 0) is 29.7 Å². The van der Waals surface area contributed by atoms with E-state index in [1.807, 2.05) is 59.9 Å². The molecule has 0 aromatic heterocycles. The molecule has 25 heavy (non-hydrogen) atoms. The first-order valence-electron chi connectivity index (χ1n) is 8.59. The van der Waals surface area contributed by atoms with Gasteiger partial charge in [0.25, 0.3) is 5.91 Å². The molecule has 1 aliphatic heterocycles. The lowest BCUT2D eigenvalue weighted by atomic mass is 10.1. The molecule has 3 rings (SSSR count). The largest absolute Gasteiger partial charge is 0.335 e. The maximum absolute atomic E-state index is 12.5. The van der Waals surface area contributed by atoms with Crippen LogP contribution in [0.4, 0.5) is 0 Å². The molecule has 4 nitrogen and oxygen atoms in total. The maximum atomic E-state index is 12.5.